The first-order valence-corrected chi connectivity index (χ1v) is 8.33. The molecule has 1 aliphatic rings. The van der Waals surface area contributed by atoms with E-state index in [0.717, 1.165) is 24.1 Å². The van der Waals surface area contributed by atoms with Crippen LogP contribution >= 0.6 is 11.8 Å². The lowest BCUT2D eigenvalue weighted by Crippen LogP contribution is -2.36. The molecule has 5 heteroatoms. The molecule has 4 nitrogen and oxygen atoms in total. The van der Waals surface area contributed by atoms with Crippen molar-refractivity contribution in [3.8, 4) is 0 Å². The zero-order valence-electron chi connectivity index (χ0n) is 12.1. The third kappa shape index (κ3) is 4.15. The van der Waals surface area contributed by atoms with E-state index in [0.29, 0.717) is 11.3 Å². The van der Waals surface area contributed by atoms with Gasteiger partial charge in [-0.3, -0.25) is 0 Å². The average molecular weight is 293 g/mol. The molecule has 1 aromatic rings. The van der Waals surface area contributed by atoms with E-state index >= 15 is 0 Å². The second-order valence-electron chi connectivity index (χ2n) is 5.38. The van der Waals surface area contributed by atoms with E-state index in [-0.39, 0.29) is 12.1 Å². The predicted molar refractivity (Wildman–Crippen MR) is 86.1 cm³/mol. The van der Waals surface area contributed by atoms with Gasteiger partial charge in [-0.25, -0.2) is 4.79 Å². The molecular weight excluding hydrogens is 270 g/mol. The quantitative estimate of drug-likeness (QED) is 0.799. The van der Waals surface area contributed by atoms with Crippen molar-refractivity contribution in [3.05, 3.63) is 29.8 Å². The van der Waals surface area contributed by atoms with Gasteiger partial charge < -0.3 is 16.4 Å². The van der Waals surface area contributed by atoms with E-state index < -0.39 is 0 Å². The molecule has 2 rings (SSSR count). The molecule has 3 atom stereocenters. The maximum atomic E-state index is 11.9. The van der Waals surface area contributed by atoms with Crippen LogP contribution in [0.15, 0.2) is 24.3 Å². The highest BCUT2D eigenvalue weighted by atomic mass is 32.2. The van der Waals surface area contributed by atoms with Crippen LogP contribution in [-0.2, 0) is 0 Å². The van der Waals surface area contributed by atoms with Crippen LogP contribution in [0.3, 0.4) is 0 Å². The third-order valence-corrected chi connectivity index (χ3v) is 4.84. The number of amides is 2. The van der Waals surface area contributed by atoms with Gasteiger partial charge in [0.05, 0.1) is 0 Å². The molecule has 4 N–H and O–H groups in total. The van der Waals surface area contributed by atoms with Crippen molar-refractivity contribution in [1.82, 2.24) is 5.32 Å². The van der Waals surface area contributed by atoms with Crippen LogP contribution in [-0.4, -0.2) is 23.6 Å². The fourth-order valence-electron chi connectivity index (χ4n) is 2.51. The van der Waals surface area contributed by atoms with Crippen molar-refractivity contribution in [2.45, 2.75) is 43.5 Å². The van der Waals surface area contributed by atoms with Crippen LogP contribution in [0.2, 0.25) is 0 Å². The largest absolute Gasteiger partial charge is 0.335 e. The Bertz CT molecular complexity index is 447. The third-order valence-electron chi connectivity index (χ3n) is 3.75. The monoisotopic (exact) mass is 293 g/mol. The Kier molecular flexibility index (Phi) is 5.31. The van der Waals surface area contributed by atoms with Crippen molar-refractivity contribution in [2.24, 2.45) is 5.73 Å². The molecule has 2 amide bonds. The summed E-state index contributed by atoms with van der Waals surface area (Å²) >= 11 is 1.89. The molecule has 20 heavy (non-hydrogen) atoms. The van der Waals surface area contributed by atoms with Crippen molar-refractivity contribution in [2.75, 3.05) is 11.6 Å². The Morgan fingerprint density at radius 2 is 2.05 bits per heavy atom. The molecule has 0 heterocycles. The minimum atomic E-state index is -0.120. The molecule has 1 saturated carbocycles. The molecular formula is C15H23N3OS. The second kappa shape index (κ2) is 6.99. The van der Waals surface area contributed by atoms with E-state index in [4.69, 9.17) is 5.73 Å². The van der Waals surface area contributed by atoms with Crippen LogP contribution < -0.4 is 16.4 Å². The second-order valence-corrected chi connectivity index (χ2v) is 6.51. The highest BCUT2D eigenvalue weighted by Gasteiger charge is 2.24. The Labute approximate surface area is 124 Å². The number of rotatable bonds is 4. The predicted octanol–water partition coefficient (Wildman–Crippen LogP) is 3.11. The number of carbonyl (C=O) groups is 1. The van der Waals surface area contributed by atoms with E-state index in [9.17, 15) is 4.79 Å². The first-order chi connectivity index (χ1) is 9.58. The highest BCUT2D eigenvalue weighted by Crippen LogP contribution is 2.28. The van der Waals surface area contributed by atoms with Gasteiger partial charge in [0.2, 0.25) is 0 Å². The smallest absolute Gasteiger partial charge is 0.319 e. The standard InChI is InChI=1S/C15H23N3OS/c1-10(16)11-3-5-12(6-4-11)17-15(19)18-13-7-8-14(9-13)20-2/h3-6,10,13-14H,7-9,16H2,1-2H3,(H2,17,18,19). The minimum absolute atomic E-state index is 0.0137. The average Bonchev–Trinajstić information content (AvgIpc) is 2.86. The first-order valence-electron chi connectivity index (χ1n) is 7.04. The molecule has 1 fully saturated rings. The molecule has 1 aliphatic carbocycles. The van der Waals surface area contributed by atoms with E-state index in [1.165, 1.54) is 6.42 Å². The van der Waals surface area contributed by atoms with E-state index in [2.05, 4.69) is 16.9 Å². The van der Waals surface area contributed by atoms with Gasteiger partial charge in [-0.05, 0) is 50.1 Å². The fraction of sp³-hybridized carbons (Fsp3) is 0.533. The van der Waals surface area contributed by atoms with Crippen molar-refractivity contribution < 1.29 is 4.79 Å². The zero-order valence-corrected chi connectivity index (χ0v) is 12.9. The molecule has 110 valence electrons. The van der Waals surface area contributed by atoms with Gasteiger partial charge in [0.15, 0.2) is 0 Å². The Morgan fingerprint density at radius 3 is 2.60 bits per heavy atom. The van der Waals surface area contributed by atoms with Crippen LogP contribution in [0, 0.1) is 0 Å². The number of nitrogens with two attached hydrogens (primary N) is 1. The molecule has 0 saturated heterocycles. The fourth-order valence-corrected chi connectivity index (χ4v) is 3.30. The lowest BCUT2D eigenvalue weighted by molar-refractivity contribution is 0.248. The van der Waals surface area contributed by atoms with Gasteiger partial charge >= 0.3 is 6.03 Å². The number of carbonyl (C=O) groups excluding carboxylic acids is 1. The van der Waals surface area contributed by atoms with Gasteiger partial charge in [0.1, 0.15) is 0 Å². The minimum Gasteiger partial charge on any atom is -0.335 e. The van der Waals surface area contributed by atoms with E-state index in [1.807, 2.05) is 43.0 Å². The summed E-state index contributed by atoms with van der Waals surface area (Å²) in [5.74, 6) is 0. The Hall–Kier alpha value is -1.20. The highest BCUT2D eigenvalue weighted by molar-refractivity contribution is 7.99. The summed E-state index contributed by atoms with van der Waals surface area (Å²) in [6.45, 7) is 1.94. The molecule has 0 spiro atoms. The van der Waals surface area contributed by atoms with Crippen LogP contribution in [0.1, 0.15) is 37.8 Å². The Morgan fingerprint density at radius 1 is 1.35 bits per heavy atom. The molecule has 0 aromatic heterocycles. The summed E-state index contributed by atoms with van der Waals surface area (Å²) in [5, 5.41) is 6.60. The number of nitrogens with one attached hydrogen (secondary N) is 2. The summed E-state index contributed by atoms with van der Waals surface area (Å²) in [7, 11) is 0. The summed E-state index contributed by atoms with van der Waals surface area (Å²) in [6.07, 6.45) is 5.46. The topological polar surface area (TPSA) is 67.2 Å². The summed E-state index contributed by atoms with van der Waals surface area (Å²) in [4.78, 5) is 11.9. The maximum Gasteiger partial charge on any atom is 0.319 e. The lowest BCUT2D eigenvalue weighted by atomic mass is 10.1. The zero-order chi connectivity index (χ0) is 14.5. The molecule has 0 bridgehead atoms. The molecule has 0 radical (unpaired) electrons. The summed E-state index contributed by atoms with van der Waals surface area (Å²) in [5.41, 5.74) is 7.66. The SMILES string of the molecule is CSC1CCC(NC(=O)Nc2ccc(C(C)N)cc2)C1. The van der Waals surface area contributed by atoms with Crippen molar-refractivity contribution in [1.29, 1.82) is 0 Å². The molecule has 1 aromatic carbocycles. The van der Waals surface area contributed by atoms with Crippen LogP contribution in [0.5, 0.6) is 0 Å². The van der Waals surface area contributed by atoms with Gasteiger partial charge in [-0.1, -0.05) is 12.1 Å². The van der Waals surface area contributed by atoms with Gasteiger partial charge in [-0.15, -0.1) is 0 Å². The molecule has 3 unspecified atom stereocenters. The number of anilines is 1. The normalized spacial score (nSPS) is 23.4. The van der Waals surface area contributed by atoms with Crippen LogP contribution in [0.4, 0.5) is 10.5 Å². The number of hydrogen-bond acceptors (Lipinski definition) is 3. The maximum absolute atomic E-state index is 11.9. The number of hydrogen-bond donors (Lipinski definition) is 3. The molecule has 0 aliphatic heterocycles. The number of thioether (sulfide) groups is 1. The van der Waals surface area contributed by atoms with Crippen LogP contribution in [0.25, 0.3) is 0 Å². The lowest BCUT2D eigenvalue weighted by Gasteiger charge is -2.14. The summed E-state index contributed by atoms with van der Waals surface area (Å²) < 4.78 is 0. The van der Waals surface area contributed by atoms with Gasteiger partial charge in [0, 0.05) is 23.0 Å². The van der Waals surface area contributed by atoms with Crippen molar-refractivity contribution >= 4 is 23.5 Å². The van der Waals surface area contributed by atoms with E-state index in [1.54, 1.807) is 0 Å². The number of benzene rings is 1. The van der Waals surface area contributed by atoms with Crippen molar-refractivity contribution in [3.63, 3.8) is 0 Å². The van der Waals surface area contributed by atoms with Gasteiger partial charge in [-0.2, -0.15) is 11.8 Å². The number of urea groups is 1. The summed E-state index contributed by atoms with van der Waals surface area (Å²) in [6, 6.07) is 7.86. The Balaban J connectivity index is 1.82. The first kappa shape index (κ1) is 15.2. The van der Waals surface area contributed by atoms with Gasteiger partial charge in [0.25, 0.3) is 0 Å².